The van der Waals surface area contributed by atoms with E-state index in [-0.39, 0.29) is 5.91 Å². The first-order chi connectivity index (χ1) is 13.2. The van der Waals surface area contributed by atoms with Crippen LogP contribution in [0.1, 0.15) is 60.3 Å². The Balaban J connectivity index is 1.38. The molecule has 1 amide bonds. The minimum atomic E-state index is 0.0300. The Bertz CT molecular complexity index is 763. The van der Waals surface area contributed by atoms with Crippen molar-refractivity contribution in [1.29, 1.82) is 0 Å². The minimum absolute atomic E-state index is 0.0300. The van der Waals surface area contributed by atoms with Crippen LogP contribution in [0.2, 0.25) is 0 Å². The predicted molar refractivity (Wildman–Crippen MR) is 105 cm³/mol. The summed E-state index contributed by atoms with van der Waals surface area (Å²) in [5.74, 6) is 0.0300. The molecule has 1 atom stereocenters. The monoisotopic (exact) mass is 367 g/mol. The second-order valence-corrected chi connectivity index (χ2v) is 7.78. The molecule has 0 radical (unpaired) electrons. The van der Waals surface area contributed by atoms with Gasteiger partial charge in [-0.2, -0.15) is 0 Å². The highest BCUT2D eigenvalue weighted by Crippen LogP contribution is 2.23. The Morgan fingerprint density at radius 3 is 2.56 bits per heavy atom. The zero-order chi connectivity index (χ0) is 18.6. The summed E-state index contributed by atoms with van der Waals surface area (Å²) in [5, 5.41) is 8.46. The fraction of sp³-hybridized carbons (Fsp3) is 0.571. The lowest BCUT2D eigenvalue weighted by molar-refractivity contribution is 0.0787. The van der Waals surface area contributed by atoms with E-state index in [9.17, 15) is 4.79 Å². The molecule has 1 aromatic carbocycles. The van der Waals surface area contributed by atoms with Crippen molar-refractivity contribution in [3.8, 4) is 0 Å². The van der Waals surface area contributed by atoms with Gasteiger partial charge in [-0.15, -0.1) is 5.10 Å². The van der Waals surface area contributed by atoms with Crippen LogP contribution in [0.5, 0.6) is 0 Å². The van der Waals surface area contributed by atoms with Crippen LogP contribution in [0.25, 0.3) is 0 Å². The highest BCUT2D eigenvalue weighted by molar-refractivity contribution is 5.92. The van der Waals surface area contributed by atoms with Crippen molar-refractivity contribution in [2.75, 3.05) is 26.2 Å². The minimum Gasteiger partial charge on any atom is -0.337 e. The highest BCUT2D eigenvalue weighted by atomic mass is 16.2. The molecule has 2 saturated heterocycles. The molecule has 27 heavy (non-hydrogen) atoms. The molecule has 0 saturated carbocycles. The zero-order valence-electron chi connectivity index (χ0n) is 16.2. The van der Waals surface area contributed by atoms with Crippen molar-refractivity contribution in [3.63, 3.8) is 0 Å². The molecule has 0 bridgehead atoms. The van der Waals surface area contributed by atoms with Gasteiger partial charge in [-0.05, 0) is 49.8 Å². The van der Waals surface area contributed by atoms with Gasteiger partial charge in [0.25, 0.3) is 5.91 Å². The molecule has 1 unspecified atom stereocenters. The number of nitrogens with zero attached hydrogens (tertiary/aromatic N) is 5. The number of hydrogen-bond acceptors (Lipinski definition) is 4. The van der Waals surface area contributed by atoms with Gasteiger partial charge in [-0.1, -0.05) is 36.4 Å². The molecule has 3 heterocycles. The second-order valence-electron chi connectivity index (χ2n) is 7.78. The summed E-state index contributed by atoms with van der Waals surface area (Å²) >= 11 is 0. The van der Waals surface area contributed by atoms with Crippen LogP contribution in [-0.4, -0.2) is 56.9 Å². The Morgan fingerprint density at radius 1 is 1.07 bits per heavy atom. The van der Waals surface area contributed by atoms with E-state index < -0.39 is 0 Å². The number of piperidine rings is 1. The van der Waals surface area contributed by atoms with Crippen LogP contribution in [0, 0.1) is 0 Å². The predicted octanol–water partition coefficient (Wildman–Crippen LogP) is 2.91. The van der Waals surface area contributed by atoms with Crippen molar-refractivity contribution < 1.29 is 4.79 Å². The molecule has 0 N–H and O–H groups in total. The van der Waals surface area contributed by atoms with Gasteiger partial charge in [0, 0.05) is 26.2 Å². The number of hydrogen-bond donors (Lipinski definition) is 0. The van der Waals surface area contributed by atoms with Crippen LogP contribution < -0.4 is 0 Å². The fourth-order valence-electron chi connectivity index (χ4n) is 4.16. The van der Waals surface area contributed by atoms with Gasteiger partial charge >= 0.3 is 0 Å². The first-order valence-electron chi connectivity index (χ1n) is 10.2. The maximum absolute atomic E-state index is 12.5. The quantitative estimate of drug-likeness (QED) is 0.815. The number of aryl methyl sites for hydroxylation is 1. The number of rotatable bonds is 5. The van der Waals surface area contributed by atoms with Gasteiger partial charge in [0.15, 0.2) is 5.69 Å². The molecule has 4 rings (SSSR count). The van der Waals surface area contributed by atoms with E-state index in [1.807, 2.05) is 15.8 Å². The summed E-state index contributed by atoms with van der Waals surface area (Å²) in [4.78, 5) is 16.9. The Kier molecular flexibility index (Phi) is 5.53. The molecule has 2 aliphatic heterocycles. The van der Waals surface area contributed by atoms with E-state index >= 15 is 0 Å². The van der Waals surface area contributed by atoms with Crippen LogP contribution in [0.15, 0.2) is 30.5 Å². The number of benzene rings is 1. The molecule has 6 heteroatoms. The standard InChI is InChI=1S/C21H29N5O/c1-2-17-7-9-18(10-8-17)14-24-11-5-6-19(15-24)26-16-20(22-23-26)21(27)25-12-3-4-13-25/h7-10,16,19H,2-6,11-15H2,1H3. The van der Waals surface area contributed by atoms with Gasteiger partial charge in [0.2, 0.25) is 0 Å². The van der Waals surface area contributed by atoms with Crippen LogP contribution in [0.3, 0.4) is 0 Å². The number of aromatic nitrogens is 3. The van der Waals surface area contributed by atoms with Crippen molar-refractivity contribution >= 4 is 5.91 Å². The molecular formula is C21H29N5O. The summed E-state index contributed by atoms with van der Waals surface area (Å²) < 4.78 is 1.91. The third-order valence-electron chi connectivity index (χ3n) is 5.81. The van der Waals surface area contributed by atoms with E-state index in [2.05, 4.69) is 46.4 Å². The maximum atomic E-state index is 12.5. The lowest BCUT2D eigenvalue weighted by Crippen LogP contribution is -2.36. The van der Waals surface area contributed by atoms with Gasteiger partial charge < -0.3 is 4.90 Å². The Labute approximate surface area is 161 Å². The average Bonchev–Trinajstić information content (AvgIpc) is 3.41. The number of carbonyl (C=O) groups is 1. The fourth-order valence-corrected chi connectivity index (χ4v) is 4.16. The number of likely N-dealkylation sites (tertiary alicyclic amines) is 2. The lowest BCUT2D eigenvalue weighted by Gasteiger charge is -2.32. The normalized spacial score (nSPS) is 20.9. The van der Waals surface area contributed by atoms with Crippen LogP contribution in [0.4, 0.5) is 0 Å². The van der Waals surface area contributed by atoms with Crippen molar-refractivity contribution in [2.45, 2.75) is 51.6 Å². The second kappa shape index (κ2) is 8.21. The summed E-state index contributed by atoms with van der Waals surface area (Å²) in [6, 6.07) is 9.23. The first kappa shape index (κ1) is 18.2. The van der Waals surface area contributed by atoms with Gasteiger partial charge in [-0.25, -0.2) is 4.68 Å². The Hall–Kier alpha value is -2.21. The van der Waals surface area contributed by atoms with E-state index in [1.54, 1.807) is 0 Å². The molecule has 6 nitrogen and oxygen atoms in total. The highest BCUT2D eigenvalue weighted by Gasteiger charge is 2.26. The molecule has 2 fully saturated rings. The molecule has 1 aromatic heterocycles. The Morgan fingerprint density at radius 2 is 1.81 bits per heavy atom. The summed E-state index contributed by atoms with van der Waals surface area (Å²) in [6.07, 6.45) is 7.36. The molecule has 2 aromatic rings. The summed E-state index contributed by atoms with van der Waals surface area (Å²) in [7, 11) is 0. The van der Waals surface area contributed by atoms with Crippen LogP contribution in [-0.2, 0) is 13.0 Å². The molecule has 2 aliphatic rings. The lowest BCUT2D eigenvalue weighted by atomic mass is 10.0. The zero-order valence-corrected chi connectivity index (χ0v) is 16.2. The van der Waals surface area contributed by atoms with Crippen molar-refractivity contribution in [2.24, 2.45) is 0 Å². The smallest absolute Gasteiger partial charge is 0.276 e. The first-order valence-corrected chi connectivity index (χ1v) is 10.2. The molecule has 0 spiro atoms. The molecular weight excluding hydrogens is 338 g/mol. The van der Waals surface area contributed by atoms with Crippen LogP contribution >= 0.6 is 0 Å². The molecule has 0 aliphatic carbocycles. The third kappa shape index (κ3) is 4.21. The number of carbonyl (C=O) groups excluding carboxylic acids is 1. The van der Waals surface area contributed by atoms with Gasteiger partial charge in [-0.3, -0.25) is 9.69 Å². The largest absolute Gasteiger partial charge is 0.337 e. The van der Waals surface area contributed by atoms with Crippen molar-refractivity contribution in [1.82, 2.24) is 24.8 Å². The van der Waals surface area contributed by atoms with E-state index in [0.29, 0.717) is 11.7 Å². The average molecular weight is 367 g/mol. The third-order valence-corrected chi connectivity index (χ3v) is 5.81. The van der Waals surface area contributed by atoms with E-state index in [4.69, 9.17) is 0 Å². The SMILES string of the molecule is CCc1ccc(CN2CCCC(n3cc(C(=O)N4CCCC4)nn3)C2)cc1. The summed E-state index contributed by atoms with van der Waals surface area (Å²) in [5.41, 5.74) is 3.23. The molecule has 144 valence electrons. The van der Waals surface area contributed by atoms with E-state index in [0.717, 1.165) is 64.8 Å². The van der Waals surface area contributed by atoms with Crippen molar-refractivity contribution in [3.05, 3.63) is 47.3 Å². The number of amides is 1. The topological polar surface area (TPSA) is 54.3 Å². The summed E-state index contributed by atoms with van der Waals surface area (Å²) in [6.45, 7) is 6.91. The van der Waals surface area contributed by atoms with Gasteiger partial charge in [0.1, 0.15) is 0 Å². The van der Waals surface area contributed by atoms with Gasteiger partial charge in [0.05, 0.1) is 12.2 Å². The maximum Gasteiger partial charge on any atom is 0.276 e. The van der Waals surface area contributed by atoms with E-state index in [1.165, 1.54) is 11.1 Å².